The van der Waals surface area contributed by atoms with E-state index in [1.165, 1.54) is 19.5 Å². The second-order valence-corrected chi connectivity index (χ2v) is 2.65. The highest BCUT2D eigenvalue weighted by molar-refractivity contribution is 4.93. The van der Waals surface area contributed by atoms with Crippen molar-refractivity contribution in [2.24, 2.45) is 0 Å². The van der Waals surface area contributed by atoms with E-state index in [0.29, 0.717) is 0 Å². The lowest BCUT2D eigenvalue weighted by molar-refractivity contribution is 0.0449. The molecule has 2 rings (SSSR count). The molecular formula is C7H12N2. The summed E-state index contributed by atoms with van der Waals surface area (Å²) in [4.78, 5) is 0. The summed E-state index contributed by atoms with van der Waals surface area (Å²) in [7, 11) is 0. The molecule has 0 saturated carbocycles. The van der Waals surface area contributed by atoms with Gasteiger partial charge in [-0.25, -0.2) is 10.0 Å². The molecule has 0 N–H and O–H groups in total. The maximum Gasteiger partial charge on any atom is 0.0314 e. The predicted octanol–water partition coefficient (Wildman–Crippen LogP) is 0.479. The smallest absolute Gasteiger partial charge is 0.0314 e. The second-order valence-electron chi connectivity index (χ2n) is 2.65. The average molecular weight is 124 g/mol. The summed E-state index contributed by atoms with van der Waals surface area (Å²) >= 11 is 0. The molecule has 0 aromatic rings. The molecule has 50 valence electrons. The number of rotatable bonds is 0. The van der Waals surface area contributed by atoms with Gasteiger partial charge in [-0.3, -0.25) is 0 Å². The van der Waals surface area contributed by atoms with E-state index in [2.05, 4.69) is 22.2 Å². The van der Waals surface area contributed by atoms with Gasteiger partial charge in [-0.2, -0.15) is 0 Å². The van der Waals surface area contributed by atoms with Crippen LogP contribution < -0.4 is 0 Å². The van der Waals surface area contributed by atoms with Gasteiger partial charge < -0.3 is 0 Å². The number of nitrogens with zero attached hydrogens (tertiary/aromatic N) is 2. The van der Waals surface area contributed by atoms with Crippen molar-refractivity contribution in [2.75, 3.05) is 26.2 Å². The van der Waals surface area contributed by atoms with E-state index >= 15 is 0 Å². The number of hydrogen-bond donors (Lipinski definition) is 0. The van der Waals surface area contributed by atoms with Crippen molar-refractivity contribution in [3.63, 3.8) is 0 Å². The Hall–Kier alpha value is -0.340. The minimum atomic E-state index is 1.14. The summed E-state index contributed by atoms with van der Waals surface area (Å²) in [6, 6.07) is 0. The Balaban J connectivity index is 2.07. The van der Waals surface area contributed by atoms with E-state index in [9.17, 15) is 0 Å². The highest BCUT2D eigenvalue weighted by Gasteiger charge is 2.20. The third-order valence-corrected chi connectivity index (χ3v) is 2.03. The second kappa shape index (κ2) is 2.12. The number of hydrazine groups is 1. The monoisotopic (exact) mass is 124 g/mol. The zero-order chi connectivity index (χ0) is 6.10. The van der Waals surface area contributed by atoms with Crippen LogP contribution in [0.15, 0.2) is 12.2 Å². The summed E-state index contributed by atoms with van der Waals surface area (Å²) in [5.41, 5.74) is 0. The molecule has 2 aliphatic heterocycles. The lowest BCUT2D eigenvalue weighted by Gasteiger charge is -2.28. The summed E-state index contributed by atoms with van der Waals surface area (Å²) in [5.74, 6) is 0. The Kier molecular flexibility index (Phi) is 1.28. The van der Waals surface area contributed by atoms with Gasteiger partial charge >= 0.3 is 0 Å². The molecule has 1 fully saturated rings. The fourth-order valence-corrected chi connectivity index (χ4v) is 1.52. The molecule has 2 heteroatoms. The first-order valence-corrected chi connectivity index (χ1v) is 3.61. The maximum absolute atomic E-state index is 2.42. The van der Waals surface area contributed by atoms with Gasteiger partial charge in [0.05, 0.1) is 0 Å². The third-order valence-electron chi connectivity index (χ3n) is 2.03. The first-order valence-electron chi connectivity index (χ1n) is 3.61. The van der Waals surface area contributed by atoms with Crippen molar-refractivity contribution >= 4 is 0 Å². The molecule has 0 radical (unpaired) electrons. The van der Waals surface area contributed by atoms with Crippen molar-refractivity contribution in [1.82, 2.24) is 10.0 Å². The van der Waals surface area contributed by atoms with Crippen molar-refractivity contribution in [1.29, 1.82) is 0 Å². The van der Waals surface area contributed by atoms with E-state index in [0.717, 1.165) is 13.1 Å². The molecule has 0 aromatic carbocycles. The van der Waals surface area contributed by atoms with Crippen LogP contribution in [0.5, 0.6) is 0 Å². The zero-order valence-corrected chi connectivity index (χ0v) is 5.58. The van der Waals surface area contributed by atoms with Crippen LogP contribution in [0, 0.1) is 0 Å². The number of fused-ring (bicyclic) bond motifs is 1. The summed E-state index contributed by atoms with van der Waals surface area (Å²) in [5, 5.41) is 4.83. The van der Waals surface area contributed by atoms with Crippen LogP contribution in [0.3, 0.4) is 0 Å². The average Bonchev–Trinajstić information content (AvgIpc) is 2.33. The maximum atomic E-state index is 2.42. The highest BCUT2D eigenvalue weighted by Crippen LogP contribution is 2.12. The molecule has 0 spiro atoms. The van der Waals surface area contributed by atoms with Crippen molar-refractivity contribution in [3.8, 4) is 0 Å². The topological polar surface area (TPSA) is 6.48 Å². The highest BCUT2D eigenvalue weighted by atomic mass is 15.6. The largest absolute Gasteiger partial charge is 0.238 e. The lowest BCUT2D eigenvalue weighted by Crippen LogP contribution is -2.39. The van der Waals surface area contributed by atoms with E-state index in [4.69, 9.17) is 0 Å². The molecule has 0 aliphatic carbocycles. The van der Waals surface area contributed by atoms with Gasteiger partial charge in [0.15, 0.2) is 0 Å². The minimum absolute atomic E-state index is 1.14. The molecule has 0 atom stereocenters. The van der Waals surface area contributed by atoms with Crippen molar-refractivity contribution < 1.29 is 0 Å². The van der Waals surface area contributed by atoms with Crippen LogP contribution in [-0.2, 0) is 0 Å². The third kappa shape index (κ3) is 0.884. The zero-order valence-electron chi connectivity index (χ0n) is 5.58. The van der Waals surface area contributed by atoms with Gasteiger partial charge in [-0.05, 0) is 6.42 Å². The fourth-order valence-electron chi connectivity index (χ4n) is 1.52. The first-order chi connectivity index (χ1) is 4.47. The van der Waals surface area contributed by atoms with Crippen LogP contribution in [0.1, 0.15) is 6.42 Å². The predicted molar refractivity (Wildman–Crippen MR) is 36.9 cm³/mol. The molecule has 0 aromatic heterocycles. The normalized spacial score (nSPS) is 28.9. The molecular weight excluding hydrogens is 112 g/mol. The standard InChI is InChI=1S/C7H12N2/c1-2-5-9-7-3-6-8(9)4-1/h1-2H,3-7H2. The van der Waals surface area contributed by atoms with Gasteiger partial charge in [0.2, 0.25) is 0 Å². The molecule has 0 bridgehead atoms. The van der Waals surface area contributed by atoms with Gasteiger partial charge in [0, 0.05) is 26.2 Å². The SMILES string of the molecule is C1=CCN2CCCN2C1. The van der Waals surface area contributed by atoms with Crippen LogP contribution >= 0.6 is 0 Å². The Morgan fingerprint density at radius 2 is 1.44 bits per heavy atom. The molecule has 0 unspecified atom stereocenters. The molecule has 9 heavy (non-hydrogen) atoms. The van der Waals surface area contributed by atoms with Gasteiger partial charge in [-0.1, -0.05) is 12.2 Å². The molecule has 0 amide bonds. The van der Waals surface area contributed by atoms with E-state index in [1.807, 2.05) is 0 Å². The Bertz CT molecular complexity index is 117. The molecule has 2 nitrogen and oxygen atoms in total. The van der Waals surface area contributed by atoms with Crippen LogP contribution in [-0.4, -0.2) is 36.2 Å². The van der Waals surface area contributed by atoms with Crippen LogP contribution in [0.4, 0.5) is 0 Å². The molecule has 2 heterocycles. The fraction of sp³-hybridized carbons (Fsp3) is 0.714. The van der Waals surface area contributed by atoms with Gasteiger partial charge in [0.1, 0.15) is 0 Å². The Morgan fingerprint density at radius 1 is 0.889 bits per heavy atom. The van der Waals surface area contributed by atoms with Gasteiger partial charge in [-0.15, -0.1) is 0 Å². The Labute approximate surface area is 55.7 Å². The van der Waals surface area contributed by atoms with E-state index < -0.39 is 0 Å². The summed E-state index contributed by atoms with van der Waals surface area (Å²) in [6.45, 7) is 4.81. The minimum Gasteiger partial charge on any atom is -0.238 e. The van der Waals surface area contributed by atoms with E-state index in [-0.39, 0.29) is 0 Å². The van der Waals surface area contributed by atoms with Crippen LogP contribution in [0.2, 0.25) is 0 Å². The Morgan fingerprint density at radius 3 is 2.00 bits per heavy atom. The quantitative estimate of drug-likeness (QED) is 0.433. The van der Waals surface area contributed by atoms with Gasteiger partial charge in [0.25, 0.3) is 0 Å². The summed E-state index contributed by atoms with van der Waals surface area (Å²) in [6.07, 6.45) is 5.85. The number of hydrogen-bond acceptors (Lipinski definition) is 2. The first kappa shape index (κ1) is 5.45. The van der Waals surface area contributed by atoms with Crippen LogP contribution in [0.25, 0.3) is 0 Å². The molecule has 1 saturated heterocycles. The summed E-state index contributed by atoms with van der Waals surface area (Å²) < 4.78 is 0. The van der Waals surface area contributed by atoms with E-state index in [1.54, 1.807) is 0 Å². The van der Waals surface area contributed by atoms with Crippen molar-refractivity contribution in [3.05, 3.63) is 12.2 Å². The lowest BCUT2D eigenvalue weighted by atomic mass is 10.4. The molecule has 2 aliphatic rings. The van der Waals surface area contributed by atoms with Crippen molar-refractivity contribution in [2.45, 2.75) is 6.42 Å².